The molecule has 0 aliphatic carbocycles. The number of esters is 1. The number of carbonyl (C=O) groups excluding carboxylic acids is 2. The number of unbranched alkanes of at least 4 members (excludes halogenated alkanes) is 20. The van der Waals surface area contributed by atoms with Gasteiger partial charge in [0, 0.05) is 6.42 Å². The van der Waals surface area contributed by atoms with Crippen molar-refractivity contribution in [3.8, 4) is 0 Å². The smallest absolute Gasteiger partial charge is 0.306 e. The number of ether oxygens (including phenoxy) is 1. The summed E-state index contributed by atoms with van der Waals surface area (Å²) in [7, 11) is 0. The van der Waals surface area contributed by atoms with Crippen LogP contribution in [0.5, 0.6) is 0 Å². The van der Waals surface area contributed by atoms with Gasteiger partial charge in [-0.2, -0.15) is 0 Å². The molecule has 0 saturated heterocycles. The van der Waals surface area contributed by atoms with Crippen LogP contribution >= 0.6 is 0 Å². The van der Waals surface area contributed by atoms with Crippen molar-refractivity contribution in [2.75, 3.05) is 6.61 Å². The molecule has 0 spiro atoms. The highest BCUT2D eigenvalue weighted by Gasteiger charge is 2.24. The number of nitrogens with one attached hydrogen (secondary N) is 1. The molecule has 6 nitrogen and oxygen atoms in total. The summed E-state index contributed by atoms with van der Waals surface area (Å²) in [5.41, 5.74) is 0. The average Bonchev–Trinajstić information content (AvgIpc) is 3.31. The molecule has 0 saturated carbocycles. The van der Waals surface area contributed by atoms with Crippen LogP contribution in [0.15, 0.2) is 97.2 Å². The van der Waals surface area contributed by atoms with Crippen LogP contribution < -0.4 is 5.32 Å². The van der Waals surface area contributed by atoms with E-state index in [0.717, 1.165) is 103 Å². The van der Waals surface area contributed by atoms with Crippen molar-refractivity contribution in [3.63, 3.8) is 0 Å². The molecule has 0 aliphatic rings. The first kappa shape index (κ1) is 62.8. The Labute approximate surface area is 407 Å². The fourth-order valence-corrected chi connectivity index (χ4v) is 7.76. The number of aliphatic hydroxyl groups excluding tert-OH is 2. The lowest BCUT2D eigenvalue weighted by Gasteiger charge is -2.24. The first-order valence-corrected chi connectivity index (χ1v) is 27.5. The number of aliphatic hydroxyl groups is 2. The van der Waals surface area contributed by atoms with E-state index in [0.29, 0.717) is 19.3 Å². The standard InChI is InChI=1S/C60H103NO5/c1-4-7-10-13-16-19-22-25-28-30-31-33-36-39-42-45-48-51-56(66-60(65)53-50-47-44-41-38-35-32-29-26-23-20-17-14-11-8-5-2)54-59(64)61-57(55-62)58(63)52-49-46-43-40-37-34-27-24-21-18-15-12-9-6-3/h8,11,16-17,19-20,25-26,28-29,31,33,35,38-39,42,56-58,62-63H,4-7,9-10,12-15,18,21-24,27,30,32,34,36-37,40-41,43-55H2,1-3H3,(H,61,64)/b11-8+,19-16-,20-17+,28-25-,29-26+,33-31-,38-35+,42-39-. The quantitative estimate of drug-likeness (QED) is 0.0321. The third-order valence-corrected chi connectivity index (χ3v) is 11.9. The van der Waals surface area contributed by atoms with Crippen LogP contribution in [-0.4, -0.2) is 46.9 Å². The maximum atomic E-state index is 13.2. The monoisotopic (exact) mass is 918 g/mol. The van der Waals surface area contributed by atoms with E-state index < -0.39 is 18.2 Å². The molecule has 0 rings (SSSR count). The average molecular weight is 918 g/mol. The van der Waals surface area contributed by atoms with E-state index in [-0.39, 0.29) is 24.9 Å². The molecular weight excluding hydrogens is 815 g/mol. The summed E-state index contributed by atoms with van der Waals surface area (Å²) in [6.07, 6.45) is 70.4. The zero-order valence-electron chi connectivity index (χ0n) is 43.0. The predicted octanol–water partition coefficient (Wildman–Crippen LogP) is 16.9. The van der Waals surface area contributed by atoms with E-state index in [2.05, 4.69) is 123 Å². The predicted molar refractivity (Wildman–Crippen MR) is 287 cm³/mol. The van der Waals surface area contributed by atoms with Gasteiger partial charge >= 0.3 is 5.97 Å². The van der Waals surface area contributed by atoms with E-state index in [9.17, 15) is 19.8 Å². The van der Waals surface area contributed by atoms with Gasteiger partial charge in [-0.15, -0.1) is 0 Å². The van der Waals surface area contributed by atoms with Crippen LogP contribution in [0.4, 0.5) is 0 Å². The van der Waals surface area contributed by atoms with E-state index in [1.54, 1.807) is 0 Å². The van der Waals surface area contributed by atoms with Crippen LogP contribution in [0.3, 0.4) is 0 Å². The molecule has 66 heavy (non-hydrogen) atoms. The van der Waals surface area contributed by atoms with Gasteiger partial charge in [-0.3, -0.25) is 9.59 Å². The summed E-state index contributed by atoms with van der Waals surface area (Å²) in [6, 6.07) is -0.732. The lowest BCUT2D eigenvalue weighted by Crippen LogP contribution is -2.46. The molecule has 3 N–H and O–H groups in total. The maximum absolute atomic E-state index is 13.2. The minimum Gasteiger partial charge on any atom is -0.462 e. The zero-order chi connectivity index (χ0) is 48.1. The topological polar surface area (TPSA) is 95.9 Å². The molecular formula is C60H103NO5. The van der Waals surface area contributed by atoms with Crippen LogP contribution in [0, 0.1) is 0 Å². The van der Waals surface area contributed by atoms with Crippen molar-refractivity contribution in [2.24, 2.45) is 0 Å². The largest absolute Gasteiger partial charge is 0.462 e. The van der Waals surface area contributed by atoms with E-state index in [4.69, 9.17) is 4.74 Å². The Morgan fingerprint density at radius 3 is 1.29 bits per heavy atom. The third-order valence-electron chi connectivity index (χ3n) is 11.9. The Kier molecular flexibility index (Phi) is 50.2. The molecule has 0 aromatic heterocycles. The van der Waals surface area contributed by atoms with Gasteiger partial charge in [0.2, 0.25) is 5.91 Å². The molecule has 1 amide bonds. The second-order valence-corrected chi connectivity index (χ2v) is 18.2. The van der Waals surface area contributed by atoms with Crippen LogP contribution in [0.25, 0.3) is 0 Å². The fraction of sp³-hybridized carbons (Fsp3) is 0.700. The van der Waals surface area contributed by atoms with Gasteiger partial charge in [-0.1, -0.05) is 227 Å². The Balaban J connectivity index is 4.75. The van der Waals surface area contributed by atoms with E-state index in [1.807, 2.05) is 0 Å². The van der Waals surface area contributed by atoms with Gasteiger partial charge in [0.15, 0.2) is 0 Å². The fourth-order valence-electron chi connectivity index (χ4n) is 7.76. The number of carbonyl (C=O) groups is 2. The van der Waals surface area contributed by atoms with Crippen LogP contribution in [-0.2, 0) is 14.3 Å². The van der Waals surface area contributed by atoms with Gasteiger partial charge in [0.05, 0.1) is 25.2 Å². The lowest BCUT2D eigenvalue weighted by atomic mass is 10.0. The van der Waals surface area contributed by atoms with E-state index >= 15 is 0 Å². The zero-order valence-corrected chi connectivity index (χ0v) is 43.0. The Hall–Kier alpha value is -3.22. The van der Waals surface area contributed by atoms with Gasteiger partial charge in [-0.25, -0.2) is 0 Å². The molecule has 0 radical (unpaired) electrons. The highest BCUT2D eigenvalue weighted by Crippen LogP contribution is 2.17. The number of hydrogen-bond donors (Lipinski definition) is 3. The molecule has 378 valence electrons. The summed E-state index contributed by atoms with van der Waals surface area (Å²) in [5.74, 6) is -0.569. The molecule has 3 atom stereocenters. The number of rotatable bonds is 48. The molecule has 0 heterocycles. The summed E-state index contributed by atoms with van der Waals surface area (Å²) >= 11 is 0. The van der Waals surface area contributed by atoms with Crippen LogP contribution in [0.2, 0.25) is 0 Å². The van der Waals surface area contributed by atoms with Gasteiger partial charge in [0.1, 0.15) is 6.10 Å². The maximum Gasteiger partial charge on any atom is 0.306 e. The first-order valence-electron chi connectivity index (χ1n) is 27.5. The van der Waals surface area contributed by atoms with Crippen molar-refractivity contribution in [1.29, 1.82) is 0 Å². The molecule has 3 unspecified atom stereocenters. The molecule has 0 aliphatic heterocycles. The van der Waals surface area contributed by atoms with Crippen molar-refractivity contribution in [3.05, 3.63) is 97.2 Å². The summed E-state index contributed by atoms with van der Waals surface area (Å²) in [5, 5.41) is 23.8. The van der Waals surface area contributed by atoms with Gasteiger partial charge in [-0.05, 0) is 103 Å². The lowest BCUT2D eigenvalue weighted by molar-refractivity contribution is -0.151. The SMILES string of the molecule is CC/C=C/C/C=C/C/C=C/C/C=C/CCCCCC(=O)OC(CCC/C=C\C/C=C\C/C=C\C/C=C\CCCCC)CC(=O)NC(CO)C(O)CCCCCCCCCCCCCCCC. The third kappa shape index (κ3) is 47.3. The minimum atomic E-state index is -0.813. The van der Waals surface area contributed by atoms with Crippen LogP contribution in [0.1, 0.15) is 245 Å². The second kappa shape index (κ2) is 52.7. The summed E-state index contributed by atoms with van der Waals surface area (Å²) in [6.45, 7) is 6.32. The van der Waals surface area contributed by atoms with Crippen molar-refractivity contribution in [1.82, 2.24) is 5.32 Å². The molecule has 0 aromatic rings. The highest BCUT2D eigenvalue weighted by molar-refractivity contribution is 5.77. The second-order valence-electron chi connectivity index (χ2n) is 18.2. The normalized spacial score (nSPS) is 14.0. The Morgan fingerprint density at radius 1 is 0.455 bits per heavy atom. The van der Waals surface area contributed by atoms with Gasteiger partial charge < -0.3 is 20.3 Å². The molecule has 0 aromatic carbocycles. The minimum absolute atomic E-state index is 0.0221. The molecule has 0 fully saturated rings. The number of hydrogen-bond acceptors (Lipinski definition) is 5. The number of amides is 1. The first-order chi connectivity index (χ1) is 32.5. The summed E-state index contributed by atoms with van der Waals surface area (Å²) < 4.78 is 5.91. The van der Waals surface area contributed by atoms with Crippen molar-refractivity contribution in [2.45, 2.75) is 264 Å². The highest BCUT2D eigenvalue weighted by atomic mass is 16.5. The Bertz CT molecular complexity index is 1310. The Morgan fingerprint density at radius 2 is 0.833 bits per heavy atom. The van der Waals surface area contributed by atoms with Gasteiger partial charge in [0.25, 0.3) is 0 Å². The number of allylic oxidation sites excluding steroid dienone is 16. The van der Waals surface area contributed by atoms with Crippen molar-refractivity contribution >= 4 is 11.9 Å². The summed E-state index contributed by atoms with van der Waals surface area (Å²) in [4.78, 5) is 26.2. The molecule has 0 bridgehead atoms. The van der Waals surface area contributed by atoms with Crippen molar-refractivity contribution < 1.29 is 24.5 Å². The molecule has 6 heteroatoms. The van der Waals surface area contributed by atoms with E-state index in [1.165, 1.54) is 96.3 Å².